The fourth-order valence-electron chi connectivity index (χ4n) is 1.26. The lowest BCUT2D eigenvalue weighted by atomic mass is 10.4. The van der Waals surface area contributed by atoms with Crippen molar-refractivity contribution >= 4 is 16.7 Å². The highest BCUT2D eigenvalue weighted by atomic mass is 32.2. The summed E-state index contributed by atoms with van der Waals surface area (Å²) in [6.07, 6.45) is 1.60. The summed E-state index contributed by atoms with van der Waals surface area (Å²) in [4.78, 5) is 13.6. The van der Waals surface area contributed by atoms with E-state index in [2.05, 4.69) is 5.32 Å². The van der Waals surface area contributed by atoms with Crippen LogP contribution in [0.4, 0.5) is 0 Å². The molecular formula is C11H18N2O3S. The van der Waals surface area contributed by atoms with Crippen LogP contribution in [0.1, 0.15) is 16.3 Å². The largest absolute Gasteiger partial charge is 0.455 e. The number of likely N-dealkylation sites (N-methyl/N-ethyl adjacent to an activating group) is 1. The Kier molecular flexibility index (Phi) is 5.37. The number of hydrogen-bond donors (Lipinski definition) is 1. The van der Waals surface area contributed by atoms with Crippen molar-refractivity contribution < 1.29 is 13.4 Å². The molecule has 1 atom stereocenters. The summed E-state index contributed by atoms with van der Waals surface area (Å²) >= 11 is 0. The Morgan fingerprint density at radius 1 is 1.47 bits per heavy atom. The fraction of sp³-hybridized carbons (Fsp3) is 0.545. The van der Waals surface area contributed by atoms with Crippen molar-refractivity contribution in [3.63, 3.8) is 0 Å². The summed E-state index contributed by atoms with van der Waals surface area (Å²) in [5.41, 5.74) is 0. The maximum absolute atomic E-state index is 11.6. The van der Waals surface area contributed by atoms with E-state index in [1.807, 2.05) is 19.0 Å². The predicted octanol–water partition coefficient (Wildman–Crippen LogP) is 0.450. The van der Waals surface area contributed by atoms with Crippen LogP contribution in [0.5, 0.6) is 0 Å². The van der Waals surface area contributed by atoms with E-state index >= 15 is 0 Å². The first-order valence-corrected chi connectivity index (χ1v) is 7.03. The summed E-state index contributed by atoms with van der Waals surface area (Å²) in [6.45, 7) is 1.35. The minimum absolute atomic E-state index is 0.236. The van der Waals surface area contributed by atoms with Gasteiger partial charge in [0.1, 0.15) is 5.76 Å². The summed E-state index contributed by atoms with van der Waals surface area (Å²) in [6, 6.07) is 3.29. The van der Waals surface area contributed by atoms with Gasteiger partial charge in [-0.25, -0.2) is 0 Å². The molecule has 1 rings (SSSR count). The normalized spacial score (nSPS) is 12.7. The Bertz CT molecular complexity index is 401. The first-order valence-electron chi connectivity index (χ1n) is 5.30. The molecule has 1 heterocycles. The van der Waals surface area contributed by atoms with Crippen LogP contribution in [-0.2, 0) is 16.6 Å². The molecule has 5 nitrogen and oxygen atoms in total. The molecule has 1 N–H and O–H groups in total. The molecule has 0 saturated carbocycles. The Morgan fingerprint density at radius 2 is 2.18 bits per heavy atom. The zero-order valence-electron chi connectivity index (χ0n) is 10.4. The molecule has 96 valence electrons. The standard InChI is InChI=1S/C11H18N2O3S/c1-13(2)7-6-12-11(14)10-5-4-9(16-10)8-17(3)15/h4-5H,6-8H2,1-3H3,(H,12,14). The van der Waals surface area contributed by atoms with E-state index in [4.69, 9.17) is 4.42 Å². The molecule has 0 aliphatic rings. The van der Waals surface area contributed by atoms with Crippen molar-refractivity contribution in [3.05, 3.63) is 23.7 Å². The van der Waals surface area contributed by atoms with Gasteiger partial charge in [0.25, 0.3) is 5.91 Å². The summed E-state index contributed by atoms with van der Waals surface area (Å²) in [5, 5.41) is 2.75. The molecule has 0 bridgehead atoms. The van der Waals surface area contributed by atoms with E-state index in [9.17, 15) is 9.00 Å². The molecule has 0 saturated heterocycles. The summed E-state index contributed by atoms with van der Waals surface area (Å²) < 4.78 is 16.3. The maximum Gasteiger partial charge on any atom is 0.287 e. The van der Waals surface area contributed by atoms with Crippen LogP contribution < -0.4 is 5.32 Å². The number of carbonyl (C=O) groups is 1. The first kappa shape index (κ1) is 13.9. The summed E-state index contributed by atoms with van der Waals surface area (Å²) in [5.74, 6) is 0.943. The molecule has 6 heteroatoms. The van der Waals surface area contributed by atoms with E-state index in [1.54, 1.807) is 18.4 Å². The van der Waals surface area contributed by atoms with Gasteiger partial charge in [-0.2, -0.15) is 0 Å². The third kappa shape index (κ3) is 5.14. The van der Waals surface area contributed by atoms with Crippen molar-refractivity contribution in [1.82, 2.24) is 10.2 Å². The lowest BCUT2D eigenvalue weighted by Crippen LogP contribution is -2.31. The molecule has 0 fully saturated rings. The van der Waals surface area contributed by atoms with E-state index in [0.29, 0.717) is 18.1 Å². The second-order valence-electron chi connectivity index (χ2n) is 4.04. The van der Waals surface area contributed by atoms with Crippen LogP contribution in [0, 0.1) is 0 Å². The van der Waals surface area contributed by atoms with Gasteiger partial charge in [-0.05, 0) is 26.2 Å². The minimum Gasteiger partial charge on any atom is -0.455 e. The Morgan fingerprint density at radius 3 is 2.76 bits per heavy atom. The topological polar surface area (TPSA) is 62.6 Å². The van der Waals surface area contributed by atoms with Gasteiger partial charge < -0.3 is 14.6 Å². The van der Waals surface area contributed by atoms with E-state index < -0.39 is 10.8 Å². The van der Waals surface area contributed by atoms with Gasteiger partial charge in [-0.3, -0.25) is 9.00 Å². The number of amides is 1. The maximum atomic E-state index is 11.6. The lowest BCUT2D eigenvalue weighted by Gasteiger charge is -2.09. The van der Waals surface area contributed by atoms with Gasteiger partial charge >= 0.3 is 0 Å². The van der Waals surface area contributed by atoms with Crippen molar-refractivity contribution in [3.8, 4) is 0 Å². The van der Waals surface area contributed by atoms with Gasteiger partial charge in [0.05, 0.1) is 5.75 Å². The molecule has 0 aromatic carbocycles. The van der Waals surface area contributed by atoms with Gasteiger partial charge in [-0.15, -0.1) is 0 Å². The minimum atomic E-state index is -0.960. The van der Waals surface area contributed by atoms with Crippen LogP contribution in [-0.4, -0.2) is 48.5 Å². The van der Waals surface area contributed by atoms with Crippen LogP contribution in [0.3, 0.4) is 0 Å². The molecular weight excluding hydrogens is 240 g/mol. The monoisotopic (exact) mass is 258 g/mol. The average molecular weight is 258 g/mol. The van der Waals surface area contributed by atoms with Crippen LogP contribution in [0.25, 0.3) is 0 Å². The van der Waals surface area contributed by atoms with Gasteiger partial charge in [0, 0.05) is 30.1 Å². The van der Waals surface area contributed by atoms with Crippen molar-refractivity contribution in [1.29, 1.82) is 0 Å². The second kappa shape index (κ2) is 6.56. The number of furan rings is 1. The molecule has 1 amide bonds. The first-order chi connectivity index (χ1) is 7.99. The zero-order chi connectivity index (χ0) is 12.8. The van der Waals surface area contributed by atoms with Crippen molar-refractivity contribution in [2.24, 2.45) is 0 Å². The molecule has 1 aromatic heterocycles. The SMILES string of the molecule is CN(C)CCNC(=O)c1ccc(CS(C)=O)o1. The van der Waals surface area contributed by atoms with E-state index in [0.717, 1.165) is 6.54 Å². The highest BCUT2D eigenvalue weighted by Crippen LogP contribution is 2.09. The average Bonchev–Trinajstić information content (AvgIpc) is 2.64. The molecule has 0 spiro atoms. The van der Waals surface area contributed by atoms with Crippen LogP contribution in [0.15, 0.2) is 16.5 Å². The molecule has 0 aliphatic heterocycles. The Labute approximate surface area is 104 Å². The number of nitrogens with one attached hydrogen (secondary N) is 1. The van der Waals surface area contributed by atoms with Crippen molar-refractivity contribution in [2.45, 2.75) is 5.75 Å². The fourth-order valence-corrected chi connectivity index (χ4v) is 1.81. The number of hydrogen-bond acceptors (Lipinski definition) is 4. The van der Waals surface area contributed by atoms with E-state index in [1.165, 1.54) is 0 Å². The second-order valence-corrected chi connectivity index (χ2v) is 5.48. The molecule has 0 radical (unpaired) electrons. The molecule has 1 aromatic rings. The zero-order valence-corrected chi connectivity index (χ0v) is 11.2. The molecule has 17 heavy (non-hydrogen) atoms. The van der Waals surface area contributed by atoms with Crippen molar-refractivity contribution in [2.75, 3.05) is 33.4 Å². The Hall–Kier alpha value is -1.14. The van der Waals surface area contributed by atoms with Crippen LogP contribution >= 0.6 is 0 Å². The number of nitrogens with zero attached hydrogens (tertiary/aromatic N) is 1. The number of rotatable bonds is 6. The Balaban J connectivity index is 2.46. The lowest BCUT2D eigenvalue weighted by molar-refractivity contribution is 0.0922. The van der Waals surface area contributed by atoms with Gasteiger partial charge in [0.15, 0.2) is 5.76 Å². The van der Waals surface area contributed by atoms with Gasteiger partial charge in [0.2, 0.25) is 0 Å². The van der Waals surface area contributed by atoms with Crippen LogP contribution in [0.2, 0.25) is 0 Å². The highest BCUT2D eigenvalue weighted by Gasteiger charge is 2.11. The third-order valence-corrected chi connectivity index (χ3v) is 2.77. The summed E-state index contributed by atoms with van der Waals surface area (Å²) in [7, 11) is 2.92. The quantitative estimate of drug-likeness (QED) is 0.804. The number of carbonyl (C=O) groups excluding carboxylic acids is 1. The third-order valence-electron chi connectivity index (χ3n) is 2.08. The van der Waals surface area contributed by atoms with Gasteiger partial charge in [-0.1, -0.05) is 0 Å². The highest BCUT2D eigenvalue weighted by molar-refractivity contribution is 7.83. The van der Waals surface area contributed by atoms with E-state index in [-0.39, 0.29) is 11.7 Å². The predicted molar refractivity (Wildman–Crippen MR) is 67.4 cm³/mol. The molecule has 0 aliphatic carbocycles. The molecule has 1 unspecified atom stereocenters. The smallest absolute Gasteiger partial charge is 0.287 e.